The van der Waals surface area contributed by atoms with Gasteiger partial charge in [-0.25, -0.2) is 25.3 Å². The van der Waals surface area contributed by atoms with E-state index in [-0.39, 0.29) is 16.2 Å². The van der Waals surface area contributed by atoms with E-state index in [0.29, 0.717) is 0 Å². The average Bonchev–Trinajstić information content (AvgIpc) is 2.42. The number of nitrogens with zero attached hydrogens (tertiary/aromatic N) is 3. The van der Waals surface area contributed by atoms with Gasteiger partial charge < -0.3 is 30.6 Å². The van der Waals surface area contributed by atoms with Crippen molar-refractivity contribution in [1.29, 1.82) is 0 Å². The molecule has 0 atom stereocenters. The number of hydrogen-bond acceptors (Lipinski definition) is 12. The molecule has 1 rings (SSSR count). The molecule has 1 aliphatic rings. The lowest BCUT2D eigenvalue weighted by Gasteiger charge is -2.56. The van der Waals surface area contributed by atoms with E-state index >= 15 is 0 Å². The van der Waals surface area contributed by atoms with Crippen LogP contribution in [0.1, 0.15) is 0 Å². The van der Waals surface area contributed by atoms with Gasteiger partial charge in [0.15, 0.2) is 0 Å². The molecule has 1 fully saturated rings. The number of rotatable bonds is 6. The van der Waals surface area contributed by atoms with Gasteiger partial charge in [-0.05, 0) is 0 Å². The molecular weight excluding hydrogens is 438 g/mol. The summed E-state index contributed by atoms with van der Waals surface area (Å²) in [7, 11) is -16.5. The Morgan fingerprint density at radius 2 is 0.667 bits per heavy atom. The lowest BCUT2D eigenvalue weighted by Crippen LogP contribution is -2.88. The monoisotopic (exact) mass is 453 g/mol. The molecule has 1 saturated heterocycles. The van der Waals surface area contributed by atoms with Crippen LogP contribution in [0.25, 0.3) is 0 Å². The minimum Gasteiger partial charge on any atom is -0.338 e. The molecule has 0 aliphatic carbocycles. The van der Waals surface area contributed by atoms with Crippen molar-refractivity contribution in [2.24, 2.45) is 0 Å². The van der Waals surface area contributed by atoms with Gasteiger partial charge in [0.1, 0.15) is 0 Å². The van der Waals surface area contributed by atoms with Crippen LogP contribution in [0.4, 0.5) is 0 Å². The lowest BCUT2D eigenvalue weighted by molar-refractivity contribution is -0.532. The van der Waals surface area contributed by atoms with Gasteiger partial charge in [-0.1, -0.05) is 32.7 Å². The van der Waals surface area contributed by atoms with Gasteiger partial charge in [0.25, 0.3) is 0 Å². The van der Waals surface area contributed by atoms with E-state index in [9.17, 15) is 55.9 Å². The molecule has 0 radical (unpaired) electrons. The van der Waals surface area contributed by atoms with Crippen molar-refractivity contribution in [2.45, 2.75) is 18.1 Å². The molecule has 6 N–H and O–H groups in total. The van der Waals surface area contributed by atoms with Crippen LogP contribution < -0.4 is 0 Å². The predicted octanol–water partition coefficient (Wildman–Crippen LogP) is -4.89. The third kappa shape index (κ3) is 3.35. The summed E-state index contributed by atoms with van der Waals surface area (Å²) in [5, 5.41) is 59.7. The van der Waals surface area contributed by atoms with Gasteiger partial charge in [-0.15, -0.1) is 0 Å². The van der Waals surface area contributed by atoms with E-state index in [1.54, 1.807) is 0 Å². The molecule has 0 aromatic heterocycles. The maximum Gasteiger partial charge on any atom is 0.330 e. The Morgan fingerprint density at radius 1 is 0.519 bits per heavy atom. The van der Waals surface area contributed by atoms with E-state index in [1.165, 1.54) is 0 Å². The summed E-state index contributed by atoms with van der Waals surface area (Å²) < 4.78 is 68.3. The predicted molar refractivity (Wildman–Crippen MR) is 84.4 cm³/mol. The lowest BCUT2D eigenvalue weighted by atomic mass is 10.5. The van der Waals surface area contributed by atoms with E-state index in [0.717, 1.165) is 0 Å². The molecule has 1 aliphatic heterocycles. The summed E-state index contributed by atoms with van der Waals surface area (Å²) in [5.41, 5.74) is 0. The molecule has 0 unspecified atom stereocenters. The second-order valence-electron chi connectivity index (χ2n) is 4.73. The van der Waals surface area contributed by atoms with Crippen LogP contribution in [0.5, 0.6) is 0 Å². The normalized spacial score (nSPS) is 24.2. The van der Waals surface area contributed by atoms with Crippen LogP contribution in [-0.2, 0) is 30.1 Å². The SMILES string of the molecule is C=CS(=O)(=O)N1C(O)(O)N(S(=O)(=O)C=C)C(O)(O)N(S(=O)(=O)C=C)C1(O)O. The second kappa shape index (κ2) is 6.37. The Kier molecular flexibility index (Phi) is 5.60. The molecule has 0 saturated carbocycles. The Morgan fingerprint density at radius 3 is 0.778 bits per heavy atom. The van der Waals surface area contributed by atoms with Crippen LogP contribution in [0.2, 0.25) is 0 Å². The van der Waals surface area contributed by atoms with Crippen molar-refractivity contribution < 1.29 is 55.9 Å². The Labute approximate surface area is 153 Å². The Hall–Kier alpha value is -1.29. The van der Waals surface area contributed by atoms with E-state index in [1.807, 2.05) is 0 Å². The van der Waals surface area contributed by atoms with Gasteiger partial charge in [0.2, 0.25) is 30.1 Å². The summed E-state index contributed by atoms with van der Waals surface area (Å²) >= 11 is 0. The van der Waals surface area contributed by atoms with Gasteiger partial charge >= 0.3 is 18.1 Å². The van der Waals surface area contributed by atoms with Gasteiger partial charge in [0.05, 0.1) is 0 Å². The zero-order chi connectivity index (χ0) is 21.9. The maximum absolute atomic E-state index is 12.0. The van der Waals surface area contributed by atoms with Crippen LogP contribution >= 0.6 is 0 Å². The highest BCUT2D eigenvalue weighted by Gasteiger charge is 2.77. The zero-order valence-electron chi connectivity index (χ0n) is 13.1. The summed E-state index contributed by atoms with van der Waals surface area (Å²) in [6.07, 6.45) is 0. The highest BCUT2D eigenvalue weighted by atomic mass is 32.2. The fourth-order valence-electron chi connectivity index (χ4n) is 2.10. The molecule has 0 aromatic carbocycles. The molecule has 0 aromatic rings. The minimum absolute atomic E-state index is 0.158. The van der Waals surface area contributed by atoms with Crippen LogP contribution in [0.15, 0.2) is 36.0 Å². The van der Waals surface area contributed by atoms with Crippen molar-refractivity contribution in [3.8, 4) is 0 Å². The summed E-state index contributed by atoms with van der Waals surface area (Å²) in [5.74, 6) is 0. The van der Waals surface area contributed by atoms with Crippen molar-refractivity contribution in [2.75, 3.05) is 0 Å². The van der Waals surface area contributed by atoms with E-state index in [4.69, 9.17) is 0 Å². The van der Waals surface area contributed by atoms with E-state index < -0.39 is 61.1 Å². The molecule has 0 bridgehead atoms. The first kappa shape index (κ1) is 23.7. The molecule has 0 amide bonds. The van der Waals surface area contributed by atoms with Crippen molar-refractivity contribution in [3.05, 3.63) is 36.0 Å². The fourth-order valence-corrected chi connectivity index (χ4v) is 5.24. The highest BCUT2D eigenvalue weighted by molar-refractivity contribution is 7.93. The van der Waals surface area contributed by atoms with Crippen molar-refractivity contribution in [3.63, 3.8) is 0 Å². The molecule has 18 heteroatoms. The van der Waals surface area contributed by atoms with Gasteiger partial charge in [-0.2, -0.15) is 0 Å². The third-order valence-corrected chi connectivity index (χ3v) is 7.29. The Bertz CT molecular complexity index is 832. The van der Waals surface area contributed by atoms with Crippen LogP contribution in [0.3, 0.4) is 0 Å². The maximum atomic E-state index is 12.0. The molecule has 156 valence electrons. The zero-order valence-corrected chi connectivity index (χ0v) is 15.5. The summed E-state index contributed by atoms with van der Waals surface area (Å²) in [4.78, 5) is 0. The standard InChI is InChI=1S/C9H15N3O12S3/c1-4-25(19,20)10-7(13,14)11(26(21,22)5-2)9(17,18)12(8(10,15)16)27(23,24)6-3/h4-6,13-18H,1-3H2. The Balaban J connectivity index is 4.22. The molecular formula is C9H15N3O12S3. The summed E-state index contributed by atoms with van der Waals surface area (Å²) in [6, 6.07) is -14.1. The first-order valence-corrected chi connectivity index (χ1v) is 10.7. The average molecular weight is 453 g/mol. The highest BCUT2D eigenvalue weighted by Crippen LogP contribution is 2.44. The minimum atomic E-state index is -5.50. The first-order valence-electron chi connectivity index (χ1n) is 6.16. The number of aliphatic hydroxyl groups is 6. The van der Waals surface area contributed by atoms with E-state index in [2.05, 4.69) is 19.7 Å². The molecule has 0 spiro atoms. The topological polar surface area (TPSA) is 234 Å². The van der Waals surface area contributed by atoms with Crippen molar-refractivity contribution >= 4 is 30.1 Å². The summed E-state index contributed by atoms with van der Waals surface area (Å²) in [6.45, 7) is 8.14. The number of hydrogen-bond donors (Lipinski definition) is 6. The van der Waals surface area contributed by atoms with Crippen LogP contribution in [-0.4, -0.2) is 86.9 Å². The number of sulfonamides is 3. The van der Waals surface area contributed by atoms with Crippen LogP contribution in [0, 0.1) is 0 Å². The molecule has 1 heterocycles. The third-order valence-electron chi connectivity index (χ3n) is 3.03. The van der Waals surface area contributed by atoms with Gasteiger partial charge in [0, 0.05) is 16.2 Å². The largest absolute Gasteiger partial charge is 0.338 e. The quantitative estimate of drug-likeness (QED) is 0.208. The van der Waals surface area contributed by atoms with Gasteiger partial charge in [-0.3, -0.25) is 0 Å². The smallest absolute Gasteiger partial charge is 0.330 e. The first-order chi connectivity index (χ1) is 11.8. The second-order valence-corrected chi connectivity index (χ2v) is 9.91. The fraction of sp³-hybridized carbons (Fsp3) is 0.333. The van der Waals surface area contributed by atoms with Crippen molar-refractivity contribution in [1.82, 2.24) is 12.9 Å². The molecule has 15 nitrogen and oxygen atoms in total. The molecule has 27 heavy (non-hydrogen) atoms.